The van der Waals surface area contributed by atoms with E-state index in [-0.39, 0.29) is 6.54 Å². The fourth-order valence-corrected chi connectivity index (χ4v) is 4.61. The fraction of sp³-hybridized carbons (Fsp3) is 0.211. The number of sulfonamides is 1. The van der Waals surface area contributed by atoms with E-state index < -0.39 is 56.0 Å². The monoisotopic (exact) mass is 462 g/mol. The predicted molar refractivity (Wildman–Crippen MR) is 97.4 cm³/mol. The topological polar surface area (TPSA) is 86.7 Å². The van der Waals surface area contributed by atoms with Crippen LogP contribution in [0.25, 0.3) is 6.08 Å². The smallest absolute Gasteiger partial charge is 0.267 e. The maximum atomic E-state index is 14.1. The molecule has 3 rings (SSSR count). The lowest BCUT2D eigenvalue weighted by molar-refractivity contribution is -0.124. The summed E-state index contributed by atoms with van der Waals surface area (Å²) in [6.07, 6.45) is 3.14. The largest absolute Gasteiger partial charge is 0.288 e. The molecule has 1 saturated carbocycles. The standard InChI is InChI=1S/C19H15F5N2O4S/c20-14-15(21)17(23)19(18(24)16(14)22)31(29,30)26(12-6-7-12)9-11-3-1-10(2-4-11)5-8-13(27)25-28/h1-5,8,12,28H,6-7,9H2,(H,25,27)/b8-5+. The molecule has 12 heteroatoms. The Balaban J connectivity index is 1.93. The number of nitrogens with zero attached hydrogens (tertiary/aromatic N) is 1. The normalized spacial score (nSPS) is 14.4. The highest BCUT2D eigenvalue weighted by Gasteiger charge is 2.43. The number of hydrogen-bond donors (Lipinski definition) is 2. The number of hydroxylamine groups is 1. The van der Waals surface area contributed by atoms with Crippen LogP contribution in [0.1, 0.15) is 24.0 Å². The van der Waals surface area contributed by atoms with Gasteiger partial charge in [0.1, 0.15) is 0 Å². The summed E-state index contributed by atoms with van der Waals surface area (Å²) >= 11 is 0. The summed E-state index contributed by atoms with van der Waals surface area (Å²) in [5.41, 5.74) is 2.31. The minimum Gasteiger partial charge on any atom is -0.288 e. The van der Waals surface area contributed by atoms with Gasteiger partial charge in [-0.1, -0.05) is 24.3 Å². The highest BCUT2D eigenvalue weighted by molar-refractivity contribution is 7.89. The average molecular weight is 462 g/mol. The number of carbonyl (C=O) groups excluding carboxylic acids is 1. The Morgan fingerprint density at radius 2 is 1.52 bits per heavy atom. The van der Waals surface area contributed by atoms with Crippen molar-refractivity contribution < 1.29 is 40.4 Å². The second kappa shape index (κ2) is 8.73. The second-order valence-corrected chi connectivity index (χ2v) is 8.56. The first kappa shape index (κ1) is 22.8. The molecule has 1 fully saturated rings. The summed E-state index contributed by atoms with van der Waals surface area (Å²) < 4.78 is 95.1. The van der Waals surface area contributed by atoms with Crippen molar-refractivity contribution >= 4 is 22.0 Å². The van der Waals surface area contributed by atoms with Crippen LogP contribution in [0.4, 0.5) is 22.0 Å². The number of benzene rings is 2. The summed E-state index contributed by atoms with van der Waals surface area (Å²) in [7, 11) is -5.05. The maximum Gasteiger partial charge on any atom is 0.267 e. The number of hydrogen-bond acceptors (Lipinski definition) is 4. The van der Waals surface area contributed by atoms with Gasteiger partial charge in [-0.05, 0) is 30.0 Å². The van der Waals surface area contributed by atoms with Gasteiger partial charge in [0.05, 0.1) is 0 Å². The maximum absolute atomic E-state index is 14.1. The van der Waals surface area contributed by atoms with E-state index in [1.807, 2.05) is 0 Å². The Morgan fingerprint density at radius 3 is 2.00 bits per heavy atom. The van der Waals surface area contributed by atoms with Gasteiger partial charge in [-0.3, -0.25) is 10.0 Å². The third-order valence-corrected chi connectivity index (χ3v) is 6.46. The molecular formula is C19H15F5N2O4S. The highest BCUT2D eigenvalue weighted by atomic mass is 32.2. The summed E-state index contributed by atoms with van der Waals surface area (Å²) in [5, 5.41) is 8.44. The minimum atomic E-state index is -5.05. The molecule has 2 aromatic carbocycles. The molecule has 0 aromatic heterocycles. The first-order valence-electron chi connectivity index (χ1n) is 8.82. The van der Waals surface area contributed by atoms with Gasteiger partial charge in [0.15, 0.2) is 28.2 Å². The Kier molecular flexibility index (Phi) is 6.43. The van der Waals surface area contributed by atoms with Gasteiger partial charge in [0, 0.05) is 18.7 Å². The van der Waals surface area contributed by atoms with E-state index in [0.717, 1.165) is 6.08 Å². The van der Waals surface area contributed by atoms with Crippen molar-refractivity contribution in [2.24, 2.45) is 0 Å². The zero-order valence-electron chi connectivity index (χ0n) is 15.6. The van der Waals surface area contributed by atoms with E-state index in [1.54, 1.807) is 0 Å². The molecule has 1 amide bonds. The Hall–Kier alpha value is -2.83. The lowest BCUT2D eigenvalue weighted by atomic mass is 10.1. The molecule has 0 atom stereocenters. The van der Waals surface area contributed by atoms with Crippen LogP contribution in [0.3, 0.4) is 0 Å². The third kappa shape index (κ3) is 4.60. The molecule has 1 aliphatic rings. The molecule has 0 unspecified atom stereocenters. The van der Waals surface area contributed by atoms with Crippen LogP contribution in [0.5, 0.6) is 0 Å². The van der Waals surface area contributed by atoms with Gasteiger partial charge < -0.3 is 0 Å². The van der Waals surface area contributed by atoms with Crippen LogP contribution in [-0.4, -0.2) is 29.9 Å². The van der Waals surface area contributed by atoms with Crippen molar-refractivity contribution in [1.29, 1.82) is 0 Å². The van der Waals surface area contributed by atoms with Crippen molar-refractivity contribution in [3.8, 4) is 0 Å². The fourth-order valence-electron chi connectivity index (χ4n) is 2.82. The first-order valence-corrected chi connectivity index (χ1v) is 10.3. The van der Waals surface area contributed by atoms with Crippen molar-refractivity contribution in [2.45, 2.75) is 30.3 Å². The molecule has 0 spiro atoms. The van der Waals surface area contributed by atoms with E-state index in [0.29, 0.717) is 28.3 Å². The van der Waals surface area contributed by atoms with Gasteiger partial charge in [-0.25, -0.2) is 35.8 Å². The van der Waals surface area contributed by atoms with Crippen LogP contribution in [-0.2, 0) is 21.4 Å². The van der Waals surface area contributed by atoms with Gasteiger partial charge in [0.25, 0.3) is 5.91 Å². The zero-order chi connectivity index (χ0) is 22.9. The molecule has 2 N–H and O–H groups in total. The number of nitrogens with one attached hydrogen (secondary N) is 1. The lowest BCUT2D eigenvalue weighted by Gasteiger charge is -2.23. The third-order valence-electron chi connectivity index (χ3n) is 4.55. The van der Waals surface area contributed by atoms with Crippen LogP contribution in [0.2, 0.25) is 0 Å². The summed E-state index contributed by atoms with van der Waals surface area (Å²) in [5.74, 6) is -12.7. The summed E-state index contributed by atoms with van der Waals surface area (Å²) in [6, 6.07) is 5.31. The van der Waals surface area contributed by atoms with Crippen molar-refractivity contribution in [3.05, 3.63) is 70.6 Å². The first-order chi connectivity index (χ1) is 14.6. The number of rotatable bonds is 7. The van der Waals surface area contributed by atoms with Gasteiger partial charge in [-0.15, -0.1) is 0 Å². The quantitative estimate of drug-likeness (QED) is 0.165. The number of carbonyl (C=O) groups is 1. The van der Waals surface area contributed by atoms with E-state index in [1.165, 1.54) is 35.8 Å². The van der Waals surface area contributed by atoms with E-state index >= 15 is 0 Å². The SMILES string of the molecule is O=C(/C=C/c1ccc(CN(C2CC2)S(=O)(=O)c2c(F)c(F)c(F)c(F)c2F)cc1)NO. The Labute approximate surface area is 173 Å². The van der Waals surface area contributed by atoms with E-state index in [4.69, 9.17) is 5.21 Å². The number of halogens is 5. The molecule has 0 radical (unpaired) electrons. The van der Waals surface area contributed by atoms with Gasteiger partial charge in [0.2, 0.25) is 15.8 Å². The average Bonchev–Trinajstić information content (AvgIpc) is 3.58. The van der Waals surface area contributed by atoms with Gasteiger partial charge in [-0.2, -0.15) is 4.31 Å². The molecule has 0 saturated heterocycles. The molecule has 6 nitrogen and oxygen atoms in total. The van der Waals surface area contributed by atoms with E-state index in [2.05, 4.69) is 0 Å². The highest BCUT2D eigenvalue weighted by Crippen LogP contribution is 2.36. The van der Waals surface area contributed by atoms with Crippen molar-refractivity contribution in [1.82, 2.24) is 9.79 Å². The zero-order valence-corrected chi connectivity index (χ0v) is 16.4. The van der Waals surface area contributed by atoms with Crippen LogP contribution < -0.4 is 5.48 Å². The second-order valence-electron chi connectivity index (χ2n) is 6.73. The molecule has 2 aromatic rings. The van der Waals surface area contributed by atoms with Crippen molar-refractivity contribution in [2.75, 3.05) is 0 Å². The van der Waals surface area contributed by atoms with Crippen LogP contribution in [0, 0.1) is 29.1 Å². The summed E-state index contributed by atoms with van der Waals surface area (Å²) in [4.78, 5) is 9.11. The molecule has 166 valence electrons. The summed E-state index contributed by atoms with van der Waals surface area (Å²) in [6.45, 7) is -0.367. The molecule has 31 heavy (non-hydrogen) atoms. The van der Waals surface area contributed by atoms with Crippen LogP contribution >= 0.6 is 0 Å². The predicted octanol–water partition coefficient (Wildman–Crippen LogP) is 3.25. The lowest BCUT2D eigenvalue weighted by Crippen LogP contribution is -2.34. The van der Waals surface area contributed by atoms with Gasteiger partial charge >= 0.3 is 0 Å². The molecular weight excluding hydrogens is 447 g/mol. The molecule has 0 bridgehead atoms. The van der Waals surface area contributed by atoms with Crippen molar-refractivity contribution in [3.63, 3.8) is 0 Å². The number of amides is 1. The Morgan fingerprint density at radius 1 is 1.00 bits per heavy atom. The molecule has 0 heterocycles. The minimum absolute atomic E-state index is 0.367. The molecule has 0 aliphatic heterocycles. The van der Waals surface area contributed by atoms with E-state index in [9.17, 15) is 35.2 Å². The Bertz CT molecular complexity index is 1120. The molecule has 1 aliphatic carbocycles. The van der Waals surface area contributed by atoms with Crippen LogP contribution in [0.15, 0.2) is 35.2 Å².